The van der Waals surface area contributed by atoms with Crippen molar-refractivity contribution in [3.05, 3.63) is 11.6 Å². The largest absolute Gasteiger partial charge is 0.299 e. The first-order valence-electron chi connectivity index (χ1n) is 5.19. The summed E-state index contributed by atoms with van der Waals surface area (Å²) in [6.45, 7) is 8.29. The van der Waals surface area contributed by atoms with Crippen LogP contribution in [0.3, 0.4) is 0 Å². The molecule has 0 aromatic carbocycles. The number of rotatable bonds is 2. The monoisotopic (exact) mass is 180 g/mol. The molecule has 0 bridgehead atoms. The van der Waals surface area contributed by atoms with E-state index in [4.69, 9.17) is 0 Å². The van der Waals surface area contributed by atoms with Crippen LogP contribution < -0.4 is 0 Å². The minimum absolute atomic E-state index is 0.209. The molecular weight excluding hydrogens is 160 g/mol. The van der Waals surface area contributed by atoms with Gasteiger partial charge in [-0.3, -0.25) is 4.79 Å². The van der Waals surface area contributed by atoms with Crippen molar-refractivity contribution in [3.8, 4) is 0 Å². The number of Topliss-reactive ketones (excluding diaryl/α,β-unsaturated/α-hetero) is 1. The summed E-state index contributed by atoms with van der Waals surface area (Å²) in [6, 6.07) is 0. The summed E-state index contributed by atoms with van der Waals surface area (Å²) in [5.41, 5.74) is 1.28. The zero-order chi connectivity index (χ0) is 10.0. The first kappa shape index (κ1) is 10.5. The molecule has 0 radical (unpaired) electrons. The topological polar surface area (TPSA) is 17.1 Å². The Bertz CT molecular complexity index is 225. The van der Waals surface area contributed by atoms with Crippen LogP contribution in [0.1, 0.15) is 40.5 Å². The predicted octanol–water partition coefficient (Wildman–Crippen LogP) is 3.20. The Morgan fingerprint density at radius 1 is 1.54 bits per heavy atom. The van der Waals surface area contributed by atoms with Gasteiger partial charge in [0.1, 0.15) is 5.78 Å². The third-order valence-corrected chi connectivity index (χ3v) is 3.26. The second-order valence-electron chi connectivity index (χ2n) is 4.59. The molecule has 1 heteroatoms. The number of hydrogen-bond acceptors (Lipinski definition) is 1. The lowest BCUT2D eigenvalue weighted by Gasteiger charge is -2.29. The fourth-order valence-electron chi connectivity index (χ4n) is 2.10. The molecule has 0 N–H and O–H groups in total. The quantitative estimate of drug-likeness (QED) is 0.596. The van der Waals surface area contributed by atoms with Gasteiger partial charge in [0.05, 0.1) is 0 Å². The molecular formula is C12H20O. The second-order valence-corrected chi connectivity index (χ2v) is 4.59. The summed E-state index contributed by atoms with van der Waals surface area (Å²) in [6.07, 6.45) is 4.48. The summed E-state index contributed by atoms with van der Waals surface area (Å²) < 4.78 is 0. The fraction of sp³-hybridized carbons (Fsp3) is 0.750. The summed E-state index contributed by atoms with van der Waals surface area (Å²) >= 11 is 0. The Morgan fingerprint density at radius 2 is 2.15 bits per heavy atom. The molecule has 74 valence electrons. The Balaban J connectivity index is 2.71. The number of hydrogen-bond donors (Lipinski definition) is 0. The molecule has 2 atom stereocenters. The summed E-state index contributed by atoms with van der Waals surface area (Å²) in [7, 11) is 0. The molecule has 0 fully saturated rings. The Labute approximate surface area is 81.2 Å². The van der Waals surface area contributed by atoms with E-state index in [1.807, 2.05) is 0 Å². The minimum Gasteiger partial charge on any atom is -0.299 e. The molecule has 13 heavy (non-hydrogen) atoms. The van der Waals surface area contributed by atoms with E-state index in [1.165, 1.54) is 5.57 Å². The van der Waals surface area contributed by atoms with Gasteiger partial charge in [0.2, 0.25) is 0 Å². The molecule has 0 saturated heterocycles. The number of ketones is 1. The first-order valence-corrected chi connectivity index (χ1v) is 5.19. The van der Waals surface area contributed by atoms with Crippen molar-refractivity contribution < 1.29 is 4.79 Å². The van der Waals surface area contributed by atoms with Crippen LogP contribution in [0.5, 0.6) is 0 Å². The van der Waals surface area contributed by atoms with Crippen molar-refractivity contribution in [2.75, 3.05) is 0 Å². The molecule has 1 nitrogen and oxygen atoms in total. The highest BCUT2D eigenvalue weighted by atomic mass is 16.1. The van der Waals surface area contributed by atoms with Crippen LogP contribution in [-0.2, 0) is 4.79 Å². The highest BCUT2D eigenvalue weighted by Gasteiger charge is 2.26. The average molecular weight is 180 g/mol. The smallest absolute Gasteiger partial charge is 0.136 e. The summed E-state index contributed by atoms with van der Waals surface area (Å²) in [5, 5.41) is 0. The molecule has 1 aliphatic rings. The van der Waals surface area contributed by atoms with Gasteiger partial charge in [-0.05, 0) is 38.5 Å². The van der Waals surface area contributed by atoms with E-state index in [2.05, 4.69) is 26.8 Å². The van der Waals surface area contributed by atoms with Crippen LogP contribution >= 0.6 is 0 Å². The minimum atomic E-state index is 0.209. The summed E-state index contributed by atoms with van der Waals surface area (Å²) in [4.78, 5) is 11.3. The molecule has 0 heterocycles. The molecule has 2 unspecified atom stereocenters. The Hall–Kier alpha value is -0.590. The lowest BCUT2D eigenvalue weighted by molar-refractivity contribution is -0.120. The van der Waals surface area contributed by atoms with Crippen molar-refractivity contribution in [3.63, 3.8) is 0 Å². The van der Waals surface area contributed by atoms with Crippen LogP contribution in [0.15, 0.2) is 11.6 Å². The molecule has 1 aliphatic carbocycles. The Morgan fingerprint density at radius 3 is 2.62 bits per heavy atom. The molecule has 0 aliphatic heterocycles. The van der Waals surface area contributed by atoms with Gasteiger partial charge in [-0.2, -0.15) is 0 Å². The van der Waals surface area contributed by atoms with E-state index in [1.54, 1.807) is 6.92 Å². The number of carbonyl (C=O) groups is 1. The molecule has 1 rings (SSSR count). The van der Waals surface area contributed by atoms with Crippen LogP contribution in [0.25, 0.3) is 0 Å². The predicted molar refractivity (Wildman–Crippen MR) is 55.5 cm³/mol. The second kappa shape index (κ2) is 4.08. The van der Waals surface area contributed by atoms with Crippen molar-refractivity contribution in [2.24, 2.45) is 17.8 Å². The maximum Gasteiger partial charge on any atom is 0.136 e. The van der Waals surface area contributed by atoms with Crippen LogP contribution in [0, 0.1) is 17.8 Å². The highest BCUT2D eigenvalue weighted by Crippen LogP contribution is 2.33. The van der Waals surface area contributed by atoms with E-state index >= 15 is 0 Å². The van der Waals surface area contributed by atoms with Gasteiger partial charge >= 0.3 is 0 Å². The lowest BCUT2D eigenvalue weighted by Crippen LogP contribution is -2.23. The maximum atomic E-state index is 11.3. The molecule has 0 aromatic heterocycles. The van der Waals surface area contributed by atoms with Gasteiger partial charge in [-0.15, -0.1) is 0 Å². The normalized spacial score (nSPS) is 28.8. The van der Waals surface area contributed by atoms with Gasteiger partial charge in [-0.25, -0.2) is 0 Å². The average Bonchev–Trinajstić information content (AvgIpc) is 2.04. The molecule has 0 amide bonds. The van der Waals surface area contributed by atoms with Gasteiger partial charge in [-0.1, -0.05) is 25.5 Å². The van der Waals surface area contributed by atoms with Crippen LogP contribution in [0.2, 0.25) is 0 Å². The zero-order valence-electron chi connectivity index (χ0n) is 9.13. The third-order valence-electron chi connectivity index (χ3n) is 3.26. The third kappa shape index (κ3) is 2.43. The number of carbonyl (C=O) groups excluding carboxylic acids is 1. The van der Waals surface area contributed by atoms with E-state index < -0.39 is 0 Å². The van der Waals surface area contributed by atoms with E-state index in [0.717, 1.165) is 12.8 Å². The van der Waals surface area contributed by atoms with Crippen molar-refractivity contribution in [2.45, 2.75) is 40.5 Å². The van der Waals surface area contributed by atoms with Crippen molar-refractivity contribution in [1.82, 2.24) is 0 Å². The van der Waals surface area contributed by atoms with Gasteiger partial charge in [0, 0.05) is 5.92 Å². The summed E-state index contributed by atoms with van der Waals surface area (Å²) in [5.74, 6) is 1.95. The number of allylic oxidation sites excluding steroid dienone is 2. The SMILES string of the molecule is CC(=O)C1CC(C(C)C)CC=C1C. The molecule has 0 aromatic rings. The Kier molecular flexibility index (Phi) is 3.29. The maximum absolute atomic E-state index is 11.3. The standard InChI is InChI=1S/C12H20O/c1-8(2)11-6-5-9(3)12(7-11)10(4)13/h5,8,11-12H,6-7H2,1-4H3. The van der Waals surface area contributed by atoms with Crippen LogP contribution in [0.4, 0.5) is 0 Å². The van der Waals surface area contributed by atoms with Gasteiger partial charge < -0.3 is 0 Å². The van der Waals surface area contributed by atoms with Crippen LogP contribution in [-0.4, -0.2) is 5.78 Å². The van der Waals surface area contributed by atoms with Crippen molar-refractivity contribution >= 4 is 5.78 Å². The van der Waals surface area contributed by atoms with E-state index in [9.17, 15) is 4.79 Å². The van der Waals surface area contributed by atoms with E-state index in [-0.39, 0.29) is 5.92 Å². The van der Waals surface area contributed by atoms with E-state index in [0.29, 0.717) is 17.6 Å². The molecule has 0 spiro atoms. The lowest BCUT2D eigenvalue weighted by atomic mass is 9.75. The molecule has 0 saturated carbocycles. The zero-order valence-corrected chi connectivity index (χ0v) is 9.13. The fourth-order valence-corrected chi connectivity index (χ4v) is 2.10. The van der Waals surface area contributed by atoms with Gasteiger partial charge in [0.25, 0.3) is 0 Å². The van der Waals surface area contributed by atoms with Gasteiger partial charge in [0.15, 0.2) is 0 Å². The van der Waals surface area contributed by atoms with Crippen molar-refractivity contribution in [1.29, 1.82) is 0 Å². The first-order chi connectivity index (χ1) is 6.02. The highest BCUT2D eigenvalue weighted by molar-refractivity contribution is 5.81.